The van der Waals surface area contributed by atoms with E-state index in [0.717, 1.165) is 37.5 Å². The Kier molecular flexibility index (Phi) is 5.12. The predicted molar refractivity (Wildman–Crippen MR) is 87.5 cm³/mol. The Morgan fingerprint density at radius 3 is 3.04 bits per heavy atom. The van der Waals surface area contributed by atoms with E-state index in [0.29, 0.717) is 19.7 Å². The van der Waals surface area contributed by atoms with E-state index in [1.54, 1.807) is 17.4 Å². The summed E-state index contributed by atoms with van der Waals surface area (Å²) in [5, 5.41) is 8.69. The summed E-state index contributed by atoms with van der Waals surface area (Å²) in [5.41, 5.74) is 0. The molecule has 0 unspecified atom stereocenters. The minimum absolute atomic E-state index is 0.196. The average Bonchev–Trinajstić information content (AvgIpc) is 3.24. The number of amides is 1. The molecule has 0 N–H and O–H groups in total. The first-order valence-corrected chi connectivity index (χ1v) is 8.44. The van der Waals surface area contributed by atoms with Crippen molar-refractivity contribution in [3.05, 3.63) is 30.4 Å². The molecule has 0 aliphatic carbocycles. The summed E-state index contributed by atoms with van der Waals surface area (Å²) >= 11 is 0. The van der Waals surface area contributed by atoms with Crippen molar-refractivity contribution in [3.8, 4) is 0 Å². The van der Waals surface area contributed by atoms with Crippen LogP contribution in [0.15, 0.2) is 18.7 Å². The van der Waals surface area contributed by atoms with Gasteiger partial charge in [0.15, 0.2) is 5.82 Å². The molecule has 0 spiro atoms. The molecule has 1 aliphatic rings. The van der Waals surface area contributed by atoms with Crippen molar-refractivity contribution in [3.63, 3.8) is 0 Å². The maximum Gasteiger partial charge on any atom is 0.409 e. The molecule has 0 radical (unpaired) electrons. The number of imidazole rings is 1. The van der Waals surface area contributed by atoms with E-state index in [1.807, 2.05) is 29.3 Å². The van der Waals surface area contributed by atoms with Gasteiger partial charge in [0, 0.05) is 38.4 Å². The van der Waals surface area contributed by atoms with Crippen molar-refractivity contribution < 1.29 is 9.53 Å². The van der Waals surface area contributed by atoms with Crippen LogP contribution in [0.1, 0.15) is 43.8 Å². The summed E-state index contributed by atoms with van der Waals surface area (Å²) in [6.45, 7) is 4.49. The molecule has 1 fully saturated rings. The van der Waals surface area contributed by atoms with Crippen molar-refractivity contribution in [2.24, 2.45) is 7.05 Å². The fourth-order valence-corrected chi connectivity index (χ4v) is 3.05. The molecule has 2 aromatic heterocycles. The topological polar surface area (TPSA) is 78.1 Å². The smallest absolute Gasteiger partial charge is 0.409 e. The van der Waals surface area contributed by atoms with Gasteiger partial charge in [-0.05, 0) is 19.3 Å². The Labute approximate surface area is 141 Å². The molecule has 1 amide bonds. The van der Waals surface area contributed by atoms with Crippen molar-refractivity contribution in [1.82, 2.24) is 29.2 Å². The number of carbonyl (C=O) groups is 1. The molecule has 130 valence electrons. The Morgan fingerprint density at radius 2 is 2.29 bits per heavy atom. The van der Waals surface area contributed by atoms with Gasteiger partial charge in [0.2, 0.25) is 0 Å². The summed E-state index contributed by atoms with van der Waals surface area (Å²) < 4.78 is 9.25. The van der Waals surface area contributed by atoms with E-state index in [-0.39, 0.29) is 12.0 Å². The summed E-state index contributed by atoms with van der Waals surface area (Å²) in [6, 6.07) is 0. The van der Waals surface area contributed by atoms with Crippen molar-refractivity contribution in [1.29, 1.82) is 0 Å². The first-order chi connectivity index (χ1) is 11.7. The molecule has 1 aliphatic heterocycles. The molecule has 8 heteroatoms. The molecular formula is C16H24N6O2. The van der Waals surface area contributed by atoms with Crippen LogP contribution in [0.3, 0.4) is 0 Å². The van der Waals surface area contributed by atoms with Crippen molar-refractivity contribution in [2.45, 2.75) is 38.6 Å². The monoisotopic (exact) mass is 332 g/mol. The predicted octanol–water partition coefficient (Wildman–Crippen LogP) is 1.79. The van der Waals surface area contributed by atoms with Crippen molar-refractivity contribution in [2.75, 3.05) is 19.7 Å². The Balaban J connectivity index is 1.67. The lowest BCUT2D eigenvalue weighted by Crippen LogP contribution is -2.40. The van der Waals surface area contributed by atoms with Gasteiger partial charge in [0.25, 0.3) is 0 Å². The fraction of sp³-hybridized carbons (Fsp3) is 0.625. The zero-order chi connectivity index (χ0) is 16.9. The summed E-state index contributed by atoms with van der Waals surface area (Å²) in [5.74, 6) is 2.01. The van der Waals surface area contributed by atoms with Gasteiger partial charge in [-0.25, -0.2) is 9.78 Å². The van der Waals surface area contributed by atoms with Crippen LogP contribution in [0.2, 0.25) is 0 Å². The van der Waals surface area contributed by atoms with Gasteiger partial charge in [-0.15, -0.1) is 10.2 Å². The van der Waals surface area contributed by atoms with E-state index in [4.69, 9.17) is 4.74 Å². The number of nitrogens with zero attached hydrogens (tertiary/aromatic N) is 6. The molecule has 8 nitrogen and oxygen atoms in total. The molecule has 3 heterocycles. The van der Waals surface area contributed by atoms with Crippen LogP contribution >= 0.6 is 0 Å². The third-order valence-electron chi connectivity index (χ3n) is 4.36. The highest BCUT2D eigenvalue weighted by molar-refractivity contribution is 5.67. The number of carbonyl (C=O) groups excluding carboxylic acids is 1. The Morgan fingerprint density at radius 1 is 1.42 bits per heavy atom. The van der Waals surface area contributed by atoms with Crippen LogP contribution in [0, 0.1) is 0 Å². The highest BCUT2D eigenvalue weighted by atomic mass is 16.6. The maximum atomic E-state index is 12.1. The maximum absolute atomic E-state index is 12.1. The van der Waals surface area contributed by atoms with Crippen LogP contribution in [0.4, 0.5) is 4.79 Å². The highest BCUT2D eigenvalue weighted by Gasteiger charge is 2.29. The lowest BCUT2D eigenvalue weighted by Gasteiger charge is -2.31. The molecule has 0 saturated carbocycles. The normalized spacial score (nSPS) is 17.9. The van der Waals surface area contributed by atoms with Crippen LogP contribution in [0.5, 0.6) is 0 Å². The quantitative estimate of drug-likeness (QED) is 0.834. The number of ether oxygens (including phenoxy) is 1. The van der Waals surface area contributed by atoms with Gasteiger partial charge in [0.05, 0.1) is 19.5 Å². The van der Waals surface area contributed by atoms with E-state index in [2.05, 4.69) is 15.2 Å². The van der Waals surface area contributed by atoms with E-state index in [1.165, 1.54) is 0 Å². The van der Waals surface area contributed by atoms with Crippen LogP contribution in [-0.4, -0.2) is 55.0 Å². The van der Waals surface area contributed by atoms with Crippen LogP contribution in [0.25, 0.3) is 0 Å². The lowest BCUT2D eigenvalue weighted by atomic mass is 9.97. The molecule has 1 atom stereocenters. The first kappa shape index (κ1) is 16.5. The zero-order valence-electron chi connectivity index (χ0n) is 14.3. The number of piperidine rings is 1. The first-order valence-electron chi connectivity index (χ1n) is 8.44. The minimum atomic E-state index is -0.220. The molecular weight excluding hydrogens is 308 g/mol. The van der Waals surface area contributed by atoms with Crippen molar-refractivity contribution >= 4 is 6.09 Å². The minimum Gasteiger partial charge on any atom is -0.449 e. The summed E-state index contributed by atoms with van der Waals surface area (Å²) in [4.78, 5) is 17.9. The molecule has 1 saturated heterocycles. The van der Waals surface area contributed by atoms with Gasteiger partial charge in [-0.1, -0.05) is 6.92 Å². The number of likely N-dealkylation sites (tertiary alicyclic amines) is 1. The highest BCUT2D eigenvalue weighted by Crippen LogP contribution is 2.26. The third kappa shape index (κ3) is 3.58. The van der Waals surface area contributed by atoms with Crippen LogP contribution in [-0.2, 0) is 18.3 Å². The Bertz CT molecular complexity index is 666. The Hall–Kier alpha value is -2.38. The van der Waals surface area contributed by atoms with Gasteiger partial charge in [-0.2, -0.15) is 0 Å². The average molecular weight is 332 g/mol. The number of aromatic nitrogens is 5. The molecule has 24 heavy (non-hydrogen) atoms. The second-order valence-electron chi connectivity index (χ2n) is 6.17. The zero-order valence-corrected chi connectivity index (χ0v) is 14.3. The molecule has 3 rings (SSSR count). The van der Waals surface area contributed by atoms with E-state index >= 15 is 0 Å². The lowest BCUT2D eigenvalue weighted by molar-refractivity contribution is 0.0907. The van der Waals surface area contributed by atoms with Gasteiger partial charge in [-0.3, -0.25) is 0 Å². The van der Waals surface area contributed by atoms with Crippen LogP contribution < -0.4 is 0 Å². The third-order valence-corrected chi connectivity index (χ3v) is 4.36. The molecule has 0 aromatic carbocycles. The summed E-state index contributed by atoms with van der Waals surface area (Å²) in [6.07, 6.45) is 8.00. The number of rotatable bonds is 5. The van der Waals surface area contributed by atoms with Gasteiger partial charge in [0.1, 0.15) is 5.82 Å². The number of hydrogen-bond donors (Lipinski definition) is 0. The molecule has 0 bridgehead atoms. The fourth-order valence-electron chi connectivity index (χ4n) is 3.05. The SMILES string of the molecule is CCCOC(=O)N1CCC[C@H](c2nnc(Cn3ccnc3)n2C)C1. The second-order valence-corrected chi connectivity index (χ2v) is 6.17. The van der Waals surface area contributed by atoms with E-state index < -0.39 is 0 Å². The second kappa shape index (κ2) is 7.46. The largest absolute Gasteiger partial charge is 0.449 e. The van der Waals surface area contributed by atoms with Gasteiger partial charge >= 0.3 is 6.09 Å². The van der Waals surface area contributed by atoms with Gasteiger partial charge < -0.3 is 18.8 Å². The standard InChI is InChI=1S/C16H24N6O2/c1-3-9-24-16(23)22-7-4-5-13(10-22)15-19-18-14(20(15)2)11-21-8-6-17-12-21/h6,8,12-13H,3-5,7,9-11H2,1-2H3/t13-/m0/s1. The summed E-state index contributed by atoms with van der Waals surface area (Å²) in [7, 11) is 1.98. The molecule has 2 aromatic rings. The van der Waals surface area contributed by atoms with E-state index in [9.17, 15) is 4.79 Å². The number of hydrogen-bond acceptors (Lipinski definition) is 5.